The monoisotopic (exact) mass is 255 g/mol. The lowest BCUT2D eigenvalue weighted by Crippen LogP contribution is -1.96. The van der Waals surface area contributed by atoms with Gasteiger partial charge in [-0.25, -0.2) is 0 Å². The summed E-state index contributed by atoms with van der Waals surface area (Å²) in [5.74, 6) is 0.995. The first-order chi connectivity index (χ1) is 9.13. The van der Waals surface area contributed by atoms with E-state index in [1.54, 1.807) is 7.11 Å². The van der Waals surface area contributed by atoms with Crippen LogP contribution in [-0.2, 0) is 6.42 Å². The van der Waals surface area contributed by atoms with Gasteiger partial charge in [0, 0.05) is 12.7 Å². The van der Waals surface area contributed by atoms with Crippen molar-refractivity contribution in [2.45, 2.75) is 20.3 Å². The van der Waals surface area contributed by atoms with Gasteiger partial charge in [-0.15, -0.1) is 0 Å². The molecule has 0 saturated heterocycles. The van der Waals surface area contributed by atoms with Crippen LogP contribution in [0.25, 0.3) is 0 Å². The van der Waals surface area contributed by atoms with Gasteiger partial charge in [0.1, 0.15) is 5.75 Å². The zero-order valence-corrected chi connectivity index (χ0v) is 12.1. The maximum atomic E-state index is 5.40. The van der Waals surface area contributed by atoms with E-state index in [1.807, 2.05) is 7.05 Å². The number of benzene rings is 2. The Bertz CT molecular complexity index is 535. The summed E-state index contributed by atoms with van der Waals surface area (Å²) in [6.45, 7) is 4.19. The van der Waals surface area contributed by atoms with Crippen molar-refractivity contribution in [1.29, 1.82) is 0 Å². The lowest BCUT2D eigenvalue weighted by atomic mass is 9.99. The average molecular weight is 255 g/mol. The molecule has 2 heteroatoms. The highest BCUT2D eigenvalue weighted by atomic mass is 16.5. The predicted molar refractivity (Wildman–Crippen MR) is 81.3 cm³/mol. The van der Waals surface area contributed by atoms with Gasteiger partial charge in [0.25, 0.3) is 0 Å². The van der Waals surface area contributed by atoms with Crippen LogP contribution in [0.1, 0.15) is 22.3 Å². The highest BCUT2D eigenvalue weighted by Gasteiger charge is 2.05. The minimum Gasteiger partial charge on any atom is -0.496 e. The highest BCUT2D eigenvalue weighted by Crippen LogP contribution is 2.25. The van der Waals surface area contributed by atoms with Gasteiger partial charge in [-0.2, -0.15) is 0 Å². The molecule has 0 aliphatic heterocycles. The summed E-state index contributed by atoms with van der Waals surface area (Å²) in [6, 6.07) is 13.0. The third kappa shape index (κ3) is 3.08. The molecular formula is C17H21NO. The molecule has 0 aliphatic rings. The second-order valence-electron chi connectivity index (χ2n) is 4.89. The summed E-state index contributed by atoms with van der Waals surface area (Å²) in [4.78, 5) is 0. The van der Waals surface area contributed by atoms with Gasteiger partial charge in [-0.05, 0) is 54.7 Å². The van der Waals surface area contributed by atoms with Crippen LogP contribution in [0.2, 0.25) is 0 Å². The number of rotatable bonds is 4. The Kier molecular flexibility index (Phi) is 4.10. The van der Waals surface area contributed by atoms with E-state index in [1.165, 1.54) is 22.3 Å². The fourth-order valence-corrected chi connectivity index (χ4v) is 2.49. The predicted octanol–water partition coefficient (Wildman–Crippen LogP) is 3.94. The number of methoxy groups -OCH3 is 1. The standard InChI is InChI=1S/C17H21NO/c1-12-9-15(10-13(2)17(12)19-4)11-14-5-7-16(18-3)8-6-14/h5-10,18H,11H2,1-4H3. The van der Waals surface area contributed by atoms with Crippen LogP contribution >= 0.6 is 0 Å². The molecule has 0 unspecified atom stereocenters. The second kappa shape index (κ2) is 5.79. The van der Waals surface area contributed by atoms with Crippen molar-refractivity contribution in [3.05, 3.63) is 58.7 Å². The van der Waals surface area contributed by atoms with E-state index < -0.39 is 0 Å². The zero-order chi connectivity index (χ0) is 13.8. The van der Waals surface area contributed by atoms with Crippen molar-refractivity contribution in [1.82, 2.24) is 0 Å². The number of anilines is 1. The fourth-order valence-electron chi connectivity index (χ4n) is 2.49. The molecule has 0 bridgehead atoms. The number of hydrogen-bond donors (Lipinski definition) is 1. The molecule has 0 amide bonds. The molecule has 0 aliphatic carbocycles. The molecule has 0 saturated carbocycles. The molecule has 0 radical (unpaired) electrons. The number of nitrogens with one attached hydrogen (secondary N) is 1. The molecule has 0 heterocycles. The Balaban J connectivity index is 2.23. The first-order valence-electron chi connectivity index (χ1n) is 6.55. The molecular weight excluding hydrogens is 234 g/mol. The Hall–Kier alpha value is -1.96. The second-order valence-corrected chi connectivity index (χ2v) is 4.89. The van der Waals surface area contributed by atoms with Crippen molar-refractivity contribution in [2.75, 3.05) is 19.5 Å². The van der Waals surface area contributed by atoms with E-state index >= 15 is 0 Å². The van der Waals surface area contributed by atoms with Gasteiger partial charge in [-0.3, -0.25) is 0 Å². The van der Waals surface area contributed by atoms with Crippen LogP contribution < -0.4 is 10.1 Å². The fraction of sp³-hybridized carbons (Fsp3) is 0.294. The Morgan fingerprint density at radius 3 is 2.00 bits per heavy atom. The molecule has 0 aromatic heterocycles. The number of ether oxygens (including phenoxy) is 1. The summed E-state index contributed by atoms with van der Waals surface area (Å²) in [5.41, 5.74) is 6.19. The van der Waals surface area contributed by atoms with Gasteiger partial charge in [0.05, 0.1) is 7.11 Å². The largest absolute Gasteiger partial charge is 0.496 e. The van der Waals surface area contributed by atoms with Crippen molar-refractivity contribution in [3.8, 4) is 5.75 Å². The van der Waals surface area contributed by atoms with Gasteiger partial charge < -0.3 is 10.1 Å². The molecule has 0 spiro atoms. The van der Waals surface area contributed by atoms with Crippen LogP contribution in [0.4, 0.5) is 5.69 Å². The molecule has 100 valence electrons. The summed E-state index contributed by atoms with van der Waals surface area (Å²) < 4.78 is 5.40. The third-order valence-corrected chi connectivity index (χ3v) is 3.38. The van der Waals surface area contributed by atoms with Crippen LogP contribution in [0.5, 0.6) is 5.75 Å². The molecule has 0 atom stereocenters. The van der Waals surface area contributed by atoms with E-state index in [2.05, 4.69) is 55.6 Å². The van der Waals surface area contributed by atoms with Gasteiger partial charge in [0.2, 0.25) is 0 Å². The normalized spacial score (nSPS) is 10.3. The van der Waals surface area contributed by atoms with Crippen LogP contribution in [0.3, 0.4) is 0 Å². The van der Waals surface area contributed by atoms with Crippen LogP contribution in [0.15, 0.2) is 36.4 Å². The van der Waals surface area contributed by atoms with Crippen molar-refractivity contribution in [3.63, 3.8) is 0 Å². The molecule has 1 N–H and O–H groups in total. The van der Waals surface area contributed by atoms with E-state index in [0.717, 1.165) is 17.9 Å². The maximum Gasteiger partial charge on any atom is 0.124 e. The topological polar surface area (TPSA) is 21.3 Å². The van der Waals surface area contributed by atoms with E-state index in [-0.39, 0.29) is 0 Å². The quantitative estimate of drug-likeness (QED) is 0.893. The molecule has 2 aromatic carbocycles. The Morgan fingerprint density at radius 2 is 1.53 bits per heavy atom. The summed E-state index contributed by atoms with van der Waals surface area (Å²) in [7, 11) is 3.66. The zero-order valence-electron chi connectivity index (χ0n) is 12.1. The number of aryl methyl sites for hydroxylation is 2. The summed E-state index contributed by atoms with van der Waals surface area (Å²) >= 11 is 0. The smallest absolute Gasteiger partial charge is 0.124 e. The molecule has 2 rings (SSSR count). The first-order valence-corrected chi connectivity index (χ1v) is 6.55. The SMILES string of the molecule is CNc1ccc(Cc2cc(C)c(OC)c(C)c2)cc1. The number of hydrogen-bond acceptors (Lipinski definition) is 2. The third-order valence-electron chi connectivity index (χ3n) is 3.38. The summed E-state index contributed by atoms with van der Waals surface area (Å²) in [5, 5.41) is 3.13. The van der Waals surface area contributed by atoms with E-state index in [0.29, 0.717) is 0 Å². The van der Waals surface area contributed by atoms with Crippen LogP contribution in [0, 0.1) is 13.8 Å². The molecule has 2 nitrogen and oxygen atoms in total. The van der Waals surface area contributed by atoms with Crippen molar-refractivity contribution < 1.29 is 4.74 Å². The minimum atomic E-state index is 0.954. The minimum absolute atomic E-state index is 0.954. The lowest BCUT2D eigenvalue weighted by Gasteiger charge is -2.11. The van der Waals surface area contributed by atoms with Crippen LogP contribution in [-0.4, -0.2) is 14.2 Å². The van der Waals surface area contributed by atoms with Crippen molar-refractivity contribution in [2.24, 2.45) is 0 Å². The lowest BCUT2D eigenvalue weighted by molar-refractivity contribution is 0.408. The van der Waals surface area contributed by atoms with Gasteiger partial charge in [-0.1, -0.05) is 24.3 Å². The van der Waals surface area contributed by atoms with Gasteiger partial charge >= 0.3 is 0 Å². The average Bonchev–Trinajstić information content (AvgIpc) is 2.39. The Morgan fingerprint density at radius 1 is 0.947 bits per heavy atom. The Labute approximate surface area is 115 Å². The first kappa shape index (κ1) is 13.5. The van der Waals surface area contributed by atoms with E-state index in [4.69, 9.17) is 4.74 Å². The summed E-state index contributed by atoms with van der Waals surface area (Å²) in [6.07, 6.45) is 0.954. The highest BCUT2D eigenvalue weighted by molar-refractivity contribution is 5.47. The van der Waals surface area contributed by atoms with Crippen molar-refractivity contribution >= 4 is 5.69 Å². The molecule has 19 heavy (non-hydrogen) atoms. The van der Waals surface area contributed by atoms with E-state index in [9.17, 15) is 0 Å². The molecule has 2 aromatic rings. The molecule has 0 fully saturated rings. The maximum absolute atomic E-state index is 5.40. The van der Waals surface area contributed by atoms with Gasteiger partial charge in [0.15, 0.2) is 0 Å².